The van der Waals surface area contributed by atoms with Crippen LogP contribution >= 0.6 is 15.9 Å². The van der Waals surface area contributed by atoms with Gasteiger partial charge in [0.05, 0.1) is 4.83 Å². The second kappa shape index (κ2) is 2.95. The summed E-state index contributed by atoms with van der Waals surface area (Å²) in [6, 6.07) is 4.11. The van der Waals surface area contributed by atoms with E-state index in [4.69, 9.17) is 0 Å². The van der Waals surface area contributed by atoms with Gasteiger partial charge in [-0.05, 0) is 37.0 Å². The van der Waals surface area contributed by atoms with Crippen molar-refractivity contribution in [1.82, 2.24) is 0 Å². The maximum Gasteiger partial charge on any atom is 0.177 e. The minimum atomic E-state index is 0.00213. The molecule has 0 heterocycles. The summed E-state index contributed by atoms with van der Waals surface area (Å²) in [5, 5.41) is 0. The summed E-state index contributed by atoms with van der Waals surface area (Å²) >= 11 is 3.40. The van der Waals surface area contributed by atoms with Crippen LogP contribution in [0.4, 0.5) is 0 Å². The van der Waals surface area contributed by atoms with Crippen LogP contribution in [-0.2, 0) is 6.42 Å². The number of hydrogen-bond donors (Lipinski definition) is 0. The fourth-order valence-electron chi connectivity index (χ4n) is 1.90. The third-order valence-electron chi connectivity index (χ3n) is 2.67. The summed E-state index contributed by atoms with van der Waals surface area (Å²) in [7, 11) is 0. The molecular formula is C11H11BrO. The molecule has 1 atom stereocenters. The van der Waals surface area contributed by atoms with E-state index >= 15 is 0 Å². The summed E-state index contributed by atoms with van der Waals surface area (Å²) in [5.74, 6) is 0.246. The number of carbonyl (C=O) groups is 1. The smallest absolute Gasteiger partial charge is 0.177 e. The summed E-state index contributed by atoms with van der Waals surface area (Å²) in [4.78, 5) is 11.7. The van der Waals surface area contributed by atoms with Crippen molar-refractivity contribution in [1.29, 1.82) is 0 Å². The van der Waals surface area contributed by atoms with E-state index in [1.807, 2.05) is 13.0 Å². The zero-order chi connectivity index (χ0) is 9.59. The molecule has 0 spiro atoms. The lowest BCUT2D eigenvalue weighted by molar-refractivity contribution is 0.100. The minimum Gasteiger partial charge on any atom is -0.293 e. The number of aryl methyl sites for hydroxylation is 2. The predicted octanol–water partition coefficient (Wildman–Crippen LogP) is 2.81. The van der Waals surface area contributed by atoms with Crippen molar-refractivity contribution < 1.29 is 4.79 Å². The fourth-order valence-corrected chi connectivity index (χ4v) is 2.46. The number of rotatable bonds is 0. The zero-order valence-electron chi connectivity index (χ0n) is 7.73. The van der Waals surface area contributed by atoms with Gasteiger partial charge in [0, 0.05) is 5.56 Å². The van der Waals surface area contributed by atoms with E-state index in [0.717, 1.165) is 17.5 Å². The number of ketones is 1. The highest BCUT2D eigenvalue weighted by Gasteiger charge is 2.30. The molecule has 1 aliphatic rings. The lowest BCUT2D eigenvalue weighted by Gasteiger charge is -2.04. The fraction of sp³-hybridized carbons (Fsp3) is 0.364. The monoisotopic (exact) mass is 238 g/mol. The Morgan fingerprint density at radius 2 is 1.92 bits per heavy atom. The average molecular weight is 239 g/mol. The SMILES string of the molecule is Cc1ccc(C)c2c1CC(Br)C2=O. The van der Waals surface area contributed by atoms with Gasteiger partial charge in [0.25, 0.3) is 0 Å². The molecule has 0 N–H and O–H groups in total. The highest BCUT2D eigenvalue weighted by atomic mass is 79.9. The van der Waals surface area contributed by atoms with Crippen LogP contribution in [0.5, 0.6) is 0 Å². The Bertz CT molecular complexity index is 382. The first-order chi connectivity index (χ1) is 6.11. The second-order valence-electron chi connectivity index (χ2n) is 3.59. The summed E-state index contributed by atoms with van der Waals surface area (Å²) in [6.07, 6.45) is 0.849. The molecule has 1 aromatic rings. The molecular weight excluding hydrogens is 228 g/mol. The highest BCUT2D eigenvalue weighted by Crippen LogP contribution is 2.31. The number of fused-ring (bicyclic) bond motifs is 1. The van der Waals surface area contributed by atoms with Gasteiger partial charge in [-0.25, -0.2) is 0 Å². The number of benzene rings is 1. The Balaban J connectivity index is 2.68. The molecule has 0 radical (unpaired) electrons. The third kappa shape index (κ3) is 1.24. The number of carbonyl (C=O) groups excluding carboxylic acids is 1. The first-order valence-electron chi connectivity index (χ1n) is 4.38. The number of hydrogen-bond acceptors (Lipinski definition) is 1. The molecule has 1 unspecified atom stereocenters. The Labute approximate surface area is 86.3 Å². The van der Waals surface area contributed by atoms with Gasteiger partial charge in [0.15, 0.2) is 5.78 Å². The van der Waals surface area contributed by atoms with Crippen molar-refractivity contribution in [2.45, 2.75) is 25.1 Å². The zero-order valence-corrected chi connectivity index (χ0v) is 9.31. The van der Waals surface area contributed by atoms with Gasteiger partial charge in [-0.3, -0.25) is 4.79 Å². The maximum absolute atomic E-state index is 11.7. The Morgan fingerprint density at radius 1 is 1.31 bits per heavy atom. The molecule has 0 fully saturated rings. The van der Waals surface area contributed by atoms with Gasteiger partial charge in [-0.1, -0.05) is 28.1 Å². The first kappa shape index (κ1) is 8.95. The molecule has 1 nitrogen and oxygen atoms in total. The summed E-state index contributed by atoms with van der Waals surface area (Å²) < 4.78 is 0. The second-order valence-corrected chi connectivity index (χ2v) is 4.69. The van der Waals surface area contributed by atoms with Crippen LogP contribution in [0.1, 0.15) is 27.0 Å². The largest absolute Gasteiger partial charge is 0.293 e. The molecule has 0 amide bonds. The Hall–Kier alpha value is -0.630. The van der Waals surface area contributed by atoms with E-state index in [2.05, 4.69) is 28.9 Å². The summed E-state index contributed by atoms with van der Waals surface area (Å²) in [5.41, 5.74) is 4.51. The van der Waals surface area contributed by atoms with Crippen LogP contribution in [0.2, 0.25) is 0 Å². The summed E-state index contributed by atoms with van der Waals surface area (Å²) in [6.45, 7) is 4.07. The maximum atomic E-state index is 11.7. The van der Waals surface area contributed by atoms with Gasteiger partial charge < -0.3 is 0 Å². The van der Waals surface area contributed by atoms with Crippen molar-refractivity contribution >= 4 is 21.7 Å². The van der Waals surface area contributed by atoms with E-state index in [-0.39, 0.29) is 10.6 Å². The topological polar surface area (TPSA) is 17.1 Å². The predicted molar refractivity (Wildman–Crippen MR) is 56.7 cm³/mol. The normalized spacial score (nSPS) is 20.5. The highest BCUT2D eigenvalue weighted by molar-refractivity contribution is 9.10. The van der Waals surface area contributed by atoms with Crippen LogP contribution in [-0.4, -0.2) is 10.6 Å². The molecule has 0 aromatic heterocycles. The van der Waals surface area contributed by atoms with Crippen LogP contribution in [0.25, 0.3) is 0 Å². The quantitative estimate of drug-likeness (QED) is 0.636. The first-order valence-corrected chi connectivity index (χ1v) is 5.30. The average Bonchev–Trinajstić information content (AvgIpc) is 2.38. The molecule has 1 aromatic carbocycles. The van der Waals surface area contributed by atoms with Crippen molar-refractivity contribution in [2.24, 2.45) is 0 Å². The van der Waals surface area contributed by atoms with E-state index in [9.17, 15) is 4.79 Å². The van der Waals surface area contributed by atoms with Crippen molar-refractivity contribution in [3.63, 3.8) is 0 Å². The lowest BCUT2D eigenvalue weighted by atomic mass is 10.00. The van der Waals surface area contributed by atoms with E-state index < -0.39 is 0 Å². The Morgan fingerprint density at radius 3 is 2.54 bits per heavy atom. The van der Waals surface area contributed by atoms with E-state index in [1.54, 1.807) is 0 Å². The van der Waals surface area contributed by atoms with Gasteiger partial charge in [0.1, 0.15) is 0 Å². The van der Waals surface area contributed by atoms with Crippen LogP contribution in [0.15, 0.2) is 12.1 Å². The standard InChI is InChI=1S/C11H11BrO/c1-6-3-4-7(2)10-8(6)5-9(12)11(10)13/h3-4,9H,5H2,1-2H3. The molecule has 2 heteroatoms. The van der Waals surface area contributed by atoms with Crippen LogP contribution < -0.4 is 0 Å². The number of alkyl halides is 1. The van der Waals surface area contributed by atoms with Crippen molar-refractivity contribution in [3.8, 4) is 0 Å². The molecule has 2 rings (SSSR count). The van der Waals surface area contributed by atoms with Crippen LogP contribution in [0, 0.1) is 13.8 Å². The molecule has 0 saturated heterocycles. The number of Topliss-reactive ketones (excluding diaryl/α,β-unsaturated/α-hetero) is 1. The van der Waals surface area contributed by atoms with Gasteiger partial charge >= 0.3 is 0 Å². The molecule has 13 heavy (non-hydrogen) atoms. The van der Waals surface area contributed by atoms with Crippen molar-refractivity contribution in [3.05, 3.63) is 34.4 Å². The third-order valence-corrected chi connectivity index (χ3v) is 3.41. The molecule has 0 saturated carbocycles. The Kier molecular flexibility index (Phi) is 2.03. The molecule has 0 aliphatic heterocycles. The molecule has 68 valence electrons. The number of halogens is 1. The molecule has 0 bridgehead atoms. The molecule has 1 aliphatic carbocycles. The minimum absolute atomic E-state index is 0.00213. The van der Waals surface area contributed by atoms with E-state index in [1.165, 1.54) is 11.1 Å². The van der Waals surface area contributed by atoms with E-state index in [0.29, 0.717) is 0 Å². The lowest BCUT2D eigenvalue weighted by Crippen LogP contribution is -2.07. The van der Waals surface area contributed by atoms with Gasteiger partial charge in [-0.15, -0.1) is 0 Å². The van der Waals surface area contributed by atoms with Gasteiger partial charge in [-0.2, -0.15) is 0 Å². The van der Waals surface area contributed by atoms with Crippen LogP contribution in [0.3, 0.4) is 0 Å². The van der Waals surface area contributed by atoms with Gasteiger partial charge in [0.2, 0.25) is 0 Å². The van der Waals surface area contributed by atoms with Crippen molar-refractivity contribution in [2.75, 3.05) is 0 Å².